The van der Waals surface area contributed by atoms with Gasteiger partial charge in [-0.3, -0.25) is 19.7 Å². The molecule has 0 radical (unpaired) electrons. The fraction of sp³-hybridized carbons (Fsp3) is 0.263. The van der Waals surface area contributed by atoms with Crippen molar-refractivity contribution >= 4 is 33.3 Å². The molecule has 2 aromatic carbocycles. The Labute approximate surface area is 183 Å². The lowest BCUT2D eigenvalue weighted by molar-refractivity contribution is -0.384. The Morgan fingerprint density at radius 2 is 1.75 bits per heavy atom. The number of sulfonamides is 1. The normalized spacial score (nSPS) is 11.8. The molecule has 2 N–H and O–H groups in total. The lowest BCUT2D eigenvalue weighted by Crippen LogP contribution is -2.40. The highest BCUT2D eigenvalue weighted by Crippen LogP contribution is 2.28. The Morgan fingerprint density at radius 3 is 2.31 bits per heavy atom. The van der Waals surface area contributed by atoms with Gasteiger partial charge in [-0.2, -0.15) is 4.72 Å². The smallest absolute Gasteiger partial charge is 0.324 e. The first-order chi connectivity index (χ1) is 15.1. The molecule has 0 saturated carbocycles. The second kappa shape index (κ2) is 10.5. The summed E-state index contributed by atoms with van der Waals surface area (Å²) in [5, 5.41) is 13.2. The van der Waals surface area contributed by atoms with E-state index in [9.17, 15) is 28.1 Å². The molecule has 13 heteroatoms. The van der Waals surface area contributed by atoms with Crippen molar-refractivity contribution in [2.75, 3.05) is 26.1 Å². The maximum Gasteiger partial charge on any atom is 0.324 e. The summed E-state index contributed by atoms with van der Waals surface area (Å²) in [5.41, 5.74) is -0.100. The van der Waals surface area contributed by atoms with E-state index in [2.05, 4.69) is 10.0 Å². The lowest BCUT2D eigenvalue weighted by atomic mass is 10.2. The molecule has 2 aromatic rings. The number of methoxy groups -OCH3 is 2. The van der Waals surface area contributed by atoms with E-state index in [1.54, 1.807) is 0 Å². The van der Waals surface area contributed by atoms with Crippen LogP contribution in [-0.2, 0) is 24.3 Å². The summed E-state index contributed by atoms with van der Waals surface area (Å²) in [4.78, 5) is 34.3. The molecular formula is C19H21N3O9S. The highest BCUT2D eigenvalue weighted by atomic mass is 32.2. The number of rotatable bonds is 10. The second-order valence-electron chi connectivity index (χ2n) is 6.32. The summed E-state index contributed by atoms with van der Waals surface area (Å²) in [5.74, 6) is -1.23. The first-order valence-electron chi connectivity index (χ1n) is 9.02. The van der Waals surface area contributed by atoms with Gasteiger partial charge in [0.2, 0.25) is 10.0 Å². The van der Waals surface area contributed by atoms with Gasteiger partial charge in [0.1, 0.15) is 17.5 Å². The van der Waals surface area contributed by atoms with Gasteiger partial charge in [-0.1, -0.05) is 0 Å². The number of carbonyl (C=O) groups excluding carboxylic acids is 2. The minimum atomic E-state index is -4.02. The number of ether oxygens (including phenoxy) is 3. The van der Waals surface area contributed by atoms with Gasteiger partial charge in [-0.05, 0) is 37.3 Å². The summed E-state index contributed by atoms with van der Waals surface area (Å²) < 4.78 is 41.7. The number of amides is 1. The van der Waals surface area contributed by atoms with E-state index in [1.807, 2.05) is 0 Å². The summed E-state index contributed by atoms with van der Waals surface area (Å²) in [6, 6.07) is 7.81. The SMILES string of the molecule is COc1ccc(S(=O)(=O)NC(C)C(=O)OCC(=O)Nc2ccc([N+](=O)[O-])cc2OC)cc1. The van der Waals surface area contributed by atoms with Crippen molar-refractivity contribution in [1.29, 1.82) is 0 Å². The van der Waals surface area contributed by atoms with Gasteiger partial charge in [-0.25, -0.2) is 8.42 Å². The Kier molecular flexibility index (Phi) is 8.09. The maximum absolute atomic E-state index is 12.4. The second-order valence-corrected chi connectivity index (χ2v) is 8.03. The molecule has 172 valence electrons. The molecule has 0 spiro atoms. The Morgan fingerprint density at radius 1 is 1.09 bits per heavy atom. The van der Waals surface area contributed by atoms with Gasteiger partial charge in [0.05, 0.1) is 35.8 Å². The highest BCUT2D eigenvalue weighted by molar-refractivity contribution is 7.89. The molecule has 0 fully saturated rings. The topological polar surface area (TPSA) is 163 Å². The number of hydrogen-bond acceptors (Lipinski definition) is 9. The number of anilines is 1. The quantitative estimate of drug-likeness (QED) is 0.299. The predicted molar refractivity (Wildman–Crippen MR) is 112 cm³/mol. The third-order valence-corrected chi connectivity index (χ3v) is 5.63. The number of nitro groups is 1. The summed E-state index contributed by atoms with van der Waals surface area (Å²) in [6.45, 7) is 0.550. The molecule has 1 unspecified atom stereocenters. The zero-order chi connectivity index (χ0) is 23.9. The average Bonchev–Trinajstić information content (AvgIpc) is 2.77. The number of benzene rings is 2. The number of nitrogens with zero attached hydrogens (tertiary/aromatic N) is 1. The number of esters is 1. The molecule has 1 amide bonds. The van der Waals surface area contributed by atoms with Crippen LogP contribution >= 0.6 is 0 Å². The molecule has 0 aliphatic carbocycles. The molecule has 0 heterocycles. The number of non-ortho nitro benzene ring substituents is 1. The first kappa shape index (κ1) is 24.6. The molecule has 1 atom stereocenters. The molecular weight excluding hydrogens is 446 g/mol. The summed E-state index contributed by atoms with van der Waals surface area (Å²) >= 11 is 0. The monoisotopic (exact) mass is 467 g/mol. The zero-order valence-electron chi connectivity index (χ0n) is 17.4. The van der Waals surface area contributed by atoms with E-state index in [1.165, 1.54) is 57.5 Å². The molecule has 0 aliphatic rings. The van der Waals surface area contributed by atoms with E-state index in [-0.39, 0.29) is 22.0 Å². The van der Waals surface area contributed by atoms with Crippen molar-refractivity contribution in [2.45, 2.75) is 17.9 Å². The van der Waals surface area contributed by atoms with Crippen LogP contribution in [-0.4, -0.2) is 52.1 Å². The van der Waals surface area contributed by atoms with Crippen LogP contribution < -0.4 is 19.5 Å². The van der Waals surface area contributed by atoms with Gasteiger partial charge >= 0.3 is 5.97 Å². The number of nitro benzene ring substituents is 1. The van der Waals surface area contributed by atoms with Crippen LogP contribution in [0.1, 0.15) is 6.92 Å². The number of nitrogens with one attached hydrogen (secondary N) is 2. The molecule has 0 saturated heterocycles. The fourth-order valence-electron chi connectivity index (χ4n) is 2.45. The van der Waals surface area contributed by atoms with Gasteiger partial charge in [0.25, 0.3) is 11.6 Å². The minimum absolute atomic E-state index is 0.0412. The summed E-state index contributed by atoms with van der Waals surface area (Å²) in [6.07, 6.45) is 0. The van der Waals surface area contributed by atoms with Crippen molar-refractivity contribution in [3.8, 4) is 11.5 Å². The van der Waals surface area contributed by atoms with Crippen LogP contribution in [0.4, 0.5) is 11.4 Å². The zero-order valence-corrected chi connectivity index (χ0v) is 18.2. The van der Waals surface area contributed by atoms with E-state index < -0.39 is 39.5 Å². The van der Waals surface area contributed by atoms with Crippen molar-refractivity contribution < 1.29 is 37.1 Å². The number of carbonyl (C=O) groups is 2. The van der Waals surface area contributed by atoms with Crippen LogP contribution in [0.3, 0.4) is 0 Å². The third-order valence-electron chi connectivity index (χ3n) is 4.07. The van der Waals surface area contributed by atoms with Gasteiger partial charge in [-0.15, -0.1) is 0 Å². The van der Waals surface area contributed by atoms with Crippen LogP contribution in [0, 0.1) is 10.1 Å². The minimum Gasteiger partial charge on any atom is -0.497 e. The molecule has 2 rings (SSSR count). The standard InChI is InChI=1S/C19H21N3O9S/c1-12(21-32(27,28)15-7-5-14(29-2)6-8-15)19(24)31-11-18(23)20-16-9-4-13(22(25)26)10-17(16)30-3/h4-10,12,21H,11H2,1-3H3,(H,20,23). The third kappa shape index (κ3) is 6.39. The molecule has 32 heavy (non-hydrogen) atoms. The fourth-order valence-corrected chi connectivity index (χ4v) is 3.64. The van der Waals surface area contributed by atoms with Crippen LogP contribution in [0.15, 0.2) is 47.4 Å². The summed E-state index contributed by atoms with van der Waals surface area (Å²) in [7, 11) is -1.31. The van der Waals surface area contributed by atoms with Crippen LogP contribution in [0.5, 0.6) is 11.5 Å². The van der Waals surface area contributed by atoms with Crippen molar-refractivity contribution in [3.05, 3.63) is 52.6 Å². The Hall–Kier alpha value is -3.71. The lowest BCUT2D eigenvalue weighted by Gasteiger charge is -2.14. The van der Waals surface area contributed by atoms with E-state index in [0.29, 0.717) is 5.75 Å². The van der Waals surface area contributed by atoms with E-state index >= 15 is 0 Å². The number of hydrogen-bond donors (Lipinski definition) is 2. The van der Waals surface area contributed by atoms with E-state index in [0.717, 1.165) is 6.07 Å². The van der Waals surface area contributed by atoms with Crippen molar-refractivity contribution in [1.82, 2.24) is 4.72 Å². The van der Waals surface area contributed by atoms with Gasteiger partial charge < -0.3 is 19.5 Å². The highest BCUT2D eigenvalue weighted by Gasteiger charge is 2.24. The van der Waals surface area contributed by atoms with Crippen LogP contribution in [0.25, 0.3) is 0 Å². The van der Waals surface area contributed by atoms with E-state index in [4.69, 9.17) is 14.2 Å². The van der Waals surface area contributed by atoms with Crippen molar-refractivity contribution in [2.24, 2.45) is 0 Å². The van der Waals surface area contributed by atoms with Crippen molar-refractivity contribution in [3.63, 3.8) is 0 Å². The van der Waals surface area contributed by atoms with Gasteiger partial charge in [0, 0.05) is 6.07 Å². The maximum atomic E-state index is 12.4. The average molecular weight is 467 g/mol. The first-order valence-corrected chi connectivity index (χ1v) is 10.5. The Bertz CT molecular complexity index is 1100. The Balaban J connectivity index is 1.93. The predicted octanol–water partition coefficient (Wildman–Crippen LogP) is 1.46. The van der Waals surface area contributed by atoms with Gasteiger partial charge in [0.15, 0.2) is 6.61 Å². The largest absolute Gasteiger partial charge is 0.497 e. The van der Waals surface area contributed by atoms with Crippen LogP contribution in [0.2, 0.25) is 0 Å². The molecule has 12 nitrogen and oxygen atoms in total. The molecule has 0 bridgehead atoms. The molecule has 0 aromatic heterocycles. The molecule has 0 aliphatic heterocycles.